The molecule has 1 atom stereocenters. The molecule has 0 bridgehead atoms. The lowest BCUT2D eigenvalue weighted by atomic mass is 9.91. The van der Waals surface area contributed by atoms with Crippen molar-refractivity contribution in [2.75, 3.05) is 6.61 Å². The number of thiophene rings is 1. The first-order valence-electron chi connectivity index (χ1n) is 7.33. The third kappa shape index (κ3) is 2.78. The van der Waals surface area contributed by atoms with Gasteiger partial charge in [0.25, 0.3) is 0 Å². The average Bonchev–Trinajstić information content (AvgIpc) is 3.11. The van der Waals surface area contributed by atoms with Crippen molar-refractivity contribution in [1.29, 1.82) is 0 Å². The van der Waals surface area contributed by atoms with Crippen LogP contribution >= 0.6 is 11.3 Å². The first-order chi connectivity index (χ1) is 9.30. The summed E-state index contributed by atoms with van der Waals surface area (Å²) in [6, 6.07) is 4.24. The van der Waals surface area contributed by atoms with Gasteiger partial charge in [-0.3, -0.25) is 0 Å². The van der Waals surface area contributed by atoms with E-state index in [1.807, 2.05) is 0 Å². The van der Waals surface area contributed by atoms with Gasteiger partial charge >= 0.3 is 0 Å². The molecule has 0 amide bonds. The molecule has 1 aliphatic heterocycles. The van der Waals surface area contributed by atoms with Crippen LogP contribution in [0.1, 0.15) is 49.8 Å². The highest BCUT2D eigenvalue weighted by Gasteiger charge is 2.41. The SMILES string of the molecule is C=C(c1cccs1)C1(OC2CCCCO2)CCCC1. The summed E-state index contributed by atoms with van der Waals surface area (Å²) in [5.41, 5.74) is 0.988. The largest absolute Gasteiger partial charge is 0.353 e. The van der Waals surface area contributed by atoms with Crippen molar-refractivity contribution < 1.29 is 9.47 Å². The van der Waals surface area contributed by atoms with Gasteiger partial charge in [0.1, 0.15) is 0 Å². The molecule has 3 heteroatoms. The zero-order valence-corrected chi connectivity index (χ0v) is 12.2. The molecule has 0 spiro atoms. The topological polar surface area (TPSA) is 18.5 Å². The van der Waals surface area contributed by atoms with Crippen LogP contribution in [0.25, 0.3) is 5.57 Å². The summed E-state index contributed by atoms with van der Waals surface area (Å²) < 4.78 is 12.2. The Morgan fingerprint density at radius 1 is 1.32 bits per heavy atom. The van der Waals surface area contributed by atoms with E-state index in [-0.39, 0.29) is 11.9 Å². The fourth-order valence-corrected chi connectivity index (χ4v) is 3.96. The van der Waals surface area contributed by atoms with E-state index in [4.69, 9.17) is 9.47 Å². The highest BCUT2D eigenvalue weighted by atomic mass is 32.1. The Morgan fingerprint density at radius 2 is 2.16 bits per heavy atom. The van der Waals surface area contributed by atoms with Crippen LogP contribution in [0.3, 0.4) is 0 Å². The van der Waals surface area contributed by atoms with Gasteiger partial charge in [0, 0.05) is 11.5 Å². The number of rotatable bonds is 4. The van der Waals surface area contributed by atoms with Crippen LogP contribution < -0.4 is 0 Å². The fourth-order valence-electron chi connectivity index (χ4n) is 3.17. The van der Waals surface area contributed by atoms with Gasteiger partial charge in [0.15, 0.2) is 6.29 Å². The maximum absolute atomic E-state index is 6.41. The molecule has 2 heterocycles. The van der Waals surface area contributed by atoms with Gasteiger partial charge in [-0.1, -0.05) is 25.5 Å². The van der Waals surface area contributed by atoms with Crippen molar-refractivity contribution in [1.82, 2.24) is 0 Å². The minimum absolute atomic E-state index is 0.0245. The minimum Gasteiger partial charge on any atom is -0.353 e. The quantitative estimate of drug-likeness (QED) is 0.800. The molecule has 1 aromatic heterocycles. The van der Waals surface area contributed by atoms with Gasteiger partial charge < -0.3 is 9.47 Å². The van der Waals surface area contributed by atoms with Gasteiger partial charge in [-0.2, -0.15) is 0 Å². The van der Waals surface area contributed by atoms with Gasteiger partial charge in [-0.15, -0.1) is 11.3 Å². The second-order valence-electron chi connectivity index (χ2n) is 5.57. The monoisotopic (exact) mass is 278 g/mol. The van der Waals surface area contributed by atoms with Crippen LogP contribution in [-0.2, 0) is 9.47 Å². The average molecular weight is 278 g/mol. The molecule has 0 radical (unpaired) electrons. The molecule has 0 N–H and O–H groups in total. The van der Waals surface area contributed by atoms with E-state index in [2.05, 4.69) is 24.1 Å². The fraction of sp³-hybridized carbons (Fsp3) is 0.625. The van der Waals surface area contributed by atoms with E-state index in [1.165, 1.54) is 30.6 Å². The van der Waals surface area contributed by atoms with E-state index < -0.39 is 0 Å². The molecule has 2 fully saturated rings. The smallest absolute Gasteiger partial charge is 0.158 e. The molecule has 0 aromatic carbocycles. The summed E-state index contributed by atoms with van der Waals surface area (Å²) in [6.45, 7) is 5.19. The molecule has 1 aromatic rings. The molecule has 104 valence electrons. The standard InChI is InChI=1S/C16H22O2S/c1-13(14-7-6-12-19-14)16(9-3-4-10-16)18-15-8-2-5-11-17-15/h6-7,12,15H,1-5,8-11H2. The van der Waals surface area contributed by atoms with Gasteiger partial charge in [-0.25, -0.2) is 0 Å². The van der Waals surface area contributed by atoms with Crippen LogP contribution in [0, 0.1) is 0 Å². The molecule has 2 aliphatic rings. The van der Waals surface area contributed by atoms with Crippen LogP contribution in [0.15, 0.2) is 24.1 Å². The Morgan fingerprint density at radius 3 is 2.79 bits per heavy atom. The molecule has 19 heavy (non-hydrogen) atoms. The third-order valence-electron chi connectivity index (χ3n) is 4.27. The van der Waals surface area contributed by atoms with Crippen LogP contribution in [0.5, 0.6) is 0 Å². The van der Waals surface area contributed by atoms with E-state index in [0.717, 1.165) is 31.4 Å². The summed E-state index contributed by atoms with van der Waals surface area (Å²) >= 11 is 1.76. The van der Waals surface area contributed by atoms with E-state index in [9.17, 15) is 0 Å². The van der Waals surface area contributed by atoms with Crippen molar-refractivity contribution in [2.45, 2.75) is 56.8 Å². The first kappa shape index (κ1) is 13.3. The zero-order valence-electron chi connectivity index (χ0n) is 11.4. The first-order valence-corrected chi connectivity index (χ1v) is 8.21. The zero-order chi connectivity index (χ0) is 13.1. The second kappa shape index (κ2) is 5.78. The van der Waals surface area contributed by atoms with Crippen LogP contribution in [-0.4, -0.2) is 18.5 Å². The maximum Gasteiger partial charge on any atom is 0.158 e. The Hall–Kier alpha value is -0.640. The lowest BCUT2D eigenvalue weighted by Gasteiger charge is -2.36. The molecular formula is C16H22O2S. The molecule has 1 saturated heterocycles. The second-order valence-corrected chi connectivity index (χ2v) is 6.52. The number of hydrogen-bond acceptors (Lipinski definition) is 3. The summed E-state index contributed by atoms with van der Waals surface area (Å²) in [7, 11) is 0. The van der Waals surface area contributed by atoms with E-state index in [1.54, 1.807) is 11.3 Å². The van der Waals surface area contributed by atoms with E-state index >= 15 is 0 Å². The third-order valence-corrected chi connectivity index (χ3v) is 5.20. The lowest BCUT2D eigenvalue weighted by Crippen LogP contribution is -2.37. The normalized spacial score (nSPS) is 26.4. The predicted molar refractivity (Wildman–Crippen MR) is 79.2 cm³/mol. The van der Waals surface area contributed by atoms with Gasteiger partial charge in [0.2, 0.25) is 0 Å². The number of ether oxygens (including phenoxy) is 2. The molecule has 3 rings (SSSR count). The van der Waals surface area contributed by atoms with Gasteiger partial charge in [-0.05, 0) is 49.1 Å². The minimum atomic E-state index is -0.174. The van der Waals surface area contributed by atoms with Crippen molar-refractivity contribution in [2.24, 2.45) is 0 Å². The lowest BCUT2D eigenvalue weighted by molar-refractivity contribution is -0.206. The Balaban J connectivity index is 1.76. The van der Waals surface area contributed by atoms with E-state index in [0.29, 0.717) is 0 Å². The van der Waals surface area contributed by atoms with Crippen LogP contribution in [0.4, 0.5) is 0 Å². The summed E-state index contributed by atoms with van der Waals surface area (Å²) in [5, 5.41) is 2.11. The van der Waals surface area contributed by atoms with Crippen LogP contribution in [0.2, 0.25) is 0 Å². The van der Waals surface area contributed by atoms with Crippen molar-refractivity contribution in [3.8, 4) is 0 Å². The predicted octanol–water partition coefficient (Wildman–Crippen LogP) is 4.62. The highest BCUT2D eigenvalue weighted by molar-refractivity contribution is 7.11. The molecule has 1 saturated carbocycles. The highest BCUT2D eigenvalue weighted by Crippen LogP contribution is 2.45. The molecular weight excluding hydrogens is 256 g/mol. The maximum atomic E-state index is 6.41. The summed E-state index contributed by atoms with van der Waals surface area (Å²) in [6.07, 6.45) is 8.02. The van der Waals surface area contributed by atoms with Crippen molar-refractivity contribution in [3.05, 3.63) is 29.0 Å². The Bertz CT molecular complexity index is 412. The Kier molecular flexibility index (Phi) is 4.06. The molecule has 1 unspecified atom stereocenters. The Labute approximate surface area is 119 Å². The molecule has 2 nitrogen and oxygen atoms in total. The summed E-state index contributed by atoms with van der Waals surface area (Å²) in [5.74, 6) is 0. The van der Waals surface area contributed by atoms with Crippen molar-refractivity contribution in [3.63, 3.8) is 0 Å². The summed E-state index contributed by atoms with van der Waals surface area (Å²) in [4.78, 5) is 1.26. The molecule has 1 aliphatic carbocycles. The van der Waals surface area contributed by atoms with Crippen molar-refractivity contribution >= 4 is 16.9 Å². The number of hydrogen-bond donors (Lipinski definition) is 0. The van der Waals surface area contributed by atoms with Gasteiger partial charge in [0.05, 0.1) is 5.60 Å².